The van der Waals surface area contributed by atoms with Crippen LogP contribution in [-0.4, -0.2) is 25.2 Å². The number of rotatable bonds is 3. The predicted octanol–water partition coefficient (Wildman–Crippen LogP) is 2.16. The van der Waals surface area contributed by atoms with E-state index in [1.807, 2.05) is 5.38 Å². The zero-order valence-electron chi connectivity index (χ0n) is 14.3. The maximum Gasteiger partial charge on any atom is 0.346 e. The molecule has 0 spiro atoms. The second kappa shape index (κ2) is 6.51. The summed E-state index contributed by atoms with van der Waals surface area (Å²) in [5.74, 6) is 0.509. The van der Waals surface area contributed by atoms with Crippen LogP contribution in [0.5, 0.6) is 0 Å². The molecule has 2 aromatic rings. The highest BCUT2D eigenvalue weighted by Crippen LogP contribution is 2.26. The fraction of sp³-hybridized carbons (Fsp3) is 0.625. The lowest BCUT2D eigenvalue weighted by molar-refractivity contribution is -0.117. The summed E-state index contributed by atoms with van der Waals surface area (Å²) in [6, 6.07) is 0. The molecular weight excluding hydrogens is 326 g/mol. The van der Waals surface area contributed by atoms with Gasteiger partial charge in [0, 0.05) is 23.8 Å². The van der Waals surface area contributed by atoms with E-state index in [1.54, 1.807) is 4.57 Å². The van der Waals surface area contributed by atoms with Crippen LogP contribution in [0, 0.1) is 0 Å². The van der Waals surface area contributed by atoms with E-state index >= 15 is 0 Å². The van der Waals surface area contributed by atoms with Crippen molar-refractivity contribution < 1.29 is 4.79 Å². The molecule has 1 aliphatic heterocycles. The first-order valence-corrected chi connectivity index (χ1v) is 9.15. The first kappa shape index (κ1) is 16.9. The maximum atomic E-state index is 12.4. The molecule has 0 bridgehead atoms. The van der Waals surface area contributed by atoms with E-state index in [0.29, 0.717) is 11.7 Å². The van der Waals surface area contributed by atoms with Crippen LogP contribution in [0.4, 0.5) is 5.13 Å². The number of hydrogen-bond acceptors (Lipinski definition) is 5. The van der Waals surface area contributed by atoms with Gasteiger partial charge in [-0.3, -0.25) is 9.36 Å². The van der Waals surface area contributed by atoms with Crippen molar-refractivity contribution in [2.24, 2.45) is 0 Å². The molecule has 1 N–H and O–H groups in total. The van der Waals surface area contributed by atoms with E-state index in [-0.39, 0.29) is 23.6 Å². The Labute approximate surface area is 144 Å². The Kier molecular flexibility index (Phi) is 4.58. The maximum absolute atomic E-state index is 12.4. The summed E-state index contributed by atoms with van der Waals surface area (Å²) in [6.45, 7) is 6.84. The van der Waals surface area contributed by atoms with Gasteiger partial charge < -0.3 is 5.32 Å². The number of nitrogens with zero attached hydrogens (tertiary/aromatic N) is 4. The summed E-state index contributed by atoms with van der Waals surface area (Å²) in [4.78, 5) is 29.0. The van der Waals surface area contributed by atoms with Gasteiger partial charge in [0.25, 0.3) is 0 Å². The molecule has 7 nitrogen and oxygen atoms in total. The number of nitrogens with one attached hydrogen (secondary N) is 1. The van der Waals surface area contributed by atoms with Crippen LogP contribution in [0.2, 0.25) is 0 Å². The second-order valence-corrected chi connectivity index (χ2v) is 8.01. The van der Waals surface area contributed by atoms with Gasteiger partial charge in [-0.1, -0.05) is 27.2 Å². The molecule has 2 aromatic heterocycles. The van der Waals surface area contributed by atoms with Gasteiger partial charge in [0.1, 0.15) is 12.4 Å². The minimum Gasteiger partial charge on any atom is -0.300 e. The molecule has 3 heterocycles. The van der Waals surface area contributed by atoms with Crippen molar-refractivity contribution in [1.29, 1.82) is 0 Å². The normalized spacial score (nSPS) is 15.0. The Morgan fingerprint density at radius 1 is 1.33 bits per heavy atom. The van der Waals surface area contributed by atoms with E-state index in [2.05, 4.69) is 36.2 Å². The summed E-state index contributed by atoms with van der Waals surface area (Å²) in [7, 11) is 0. The highest BCUT2D eigenvalue weighted by Gasteiger charge is 2.20. The first-order valence-electron chi connectivity index (χ1n) is 8.27. The van der Waals surface area contributed by atoms with E-state index < -0.39 is 0 Å². The smallest absolute Gasteiger partial charge is 0.300 e. The van der Waals surface area contributed by atoms with Crippen LogP contribution in [0.15, 0.2) is 10.2 Å². The van der Waals surface area contributed by atoms with E-state index in [4.69, 9.17) is 0 Å². The van der Waals surface area contributed by atoms with E-state index in [9.17, 15) is 9.59 Å². The van der Waals surface area contributed by atoms with E-state index in [1.165, 1.54) is 16.0 Å². The van der Waals surface area contributed by atoms with Crippen molar-refractivity contribution in [1.82, 2.24) is 19.3 Å². The SMILES string of the molecule is CC(C)(C)c1csc(NC(=O)Cn2nc3n(c2=O)CCCCC3)n1. The molecule has 0 aliphatic carbocycles. The van der Waals surface area contributed by atoms with Crippen molar-refractivity contribution in [2.75, 3.05) is 5.32 Å². The zero-order valence-corrected chi connectivity index (χ0v) is 15.2. The Morgan fingerprint density at radius 3 is 2.83 bits per heavy atom. The minimum absolute atomic E-state index is 0.0577. The third-order valence-corrected chi connectivity index (χ3v) is 4.85. The average Bonchev–Trinajstić information content (AvgIpc) is 2.98. The molecule has 0 fully saturated rings. The molecule has 0 unspecified atom stereocenters. The van der Waals surface area contributed by atoms with Gasteiger partial charge in [0.05, 0.1) is 5.69 Å². The lowest BCUT2D eigenvalue weighted by atomic mass is 9.93. The Balaban J connectivity index is 1.69. The molecule has 0 aromatic carbocycles. The molecule has 3 rings (SSSR count). The predicted molar refractivity (Wildman–Crippen MR) is 93.5 cm³/mol. The molecular formula is C16H23N5O2S. The number of amides is 1. The number of aryl methyl sites for hydroxylation is 1. The molecule has 0 saturated heterocycles. The van der Waals surface area contributed by atoms with E-state index in [0.717, 1.165) is 37.2 Å². The van der Waals surface area contributed by atoms with Crippen molar-refractivity contribution in [2.45, 2.75) is 65.0 Å². The number of thiazole rings is 1. The summed E-state index contributed by atoms with van der Waals surface area (Å²) in [6.07, 6.45) is 3.94. The summed E-state index contributed by atoms with van der Waals surface area (Å²) in [5.41, 5.74) is 0.683. The number of carbonyl (C=O) groups excluding carboxylic acids is 1. The summed E-state index contributed by atoms with van der Waals surface area (Å²) in [5, 5.41) is 9.59. The highest BCUT2D eigenvalue weighted by atomic mass is 32.1. The molecule has 1 aliphatic rings. The van der Waals surface area contributed by atoms with Crippen molar-refractivity contribution in [3.8, 4) is 0 Å². The number of aromatic nitrogens is 4. The Hall–Kier alpha value is -1.96. The van der Waals surface area contributed by atoms with Crippen LogP contribution >= 0.6 is 11.3 Å². The molecule has 8 heteroatoms. The molecule has 1 amide bonds. The van der Waals surface area contributed by atoms with Crippen LogP contribution in [0.1, 0.15) is 51.6 Å². The second-order valence-electron chi connectivity index (χ2n) is 7.15. The fourth-order valence-electron chi connectivity index (χ4n) is 2.70. The lowest BCUT2D eigenvalue weighted by Gasteiger charge is -2.14. The van der Waals surface area contributed by atoms with Gasteiger partial charge in [-0.05, 0) is 12.8 Å². The quantitative estimate of drug-likeness (QED) is 0.921. The summed E-state index contributed by atoms with van der Waals surface area (Å²) < 4.78 is 2.95. The third-order valence-electron chi connectivity index (χ3n) is 4.09. The first-order chi connectivity index (χ1) is 11.3. The lowest BCUT2D eigenvalue weighted by Crippen LogP contribution is -2.30. The molecule has 0 radical (unpaired) electrons. The zero-order chi connectivity index (χ0) is 17.3. The molecule has 0 saturated carbocycles. The largest absolute Gasteiger partial charge is 0.346 e. The van der Waals surface area contributed by atoms with Gasteiger partial charge in [-0.25, -0.2) is 14.5 Å². The summed E-state index contributed by atoms with van der Waals surface area (Å²) >= 11 is 1.39. The fourth-order valence-corrected chi connectivity index (χ4v) is 3.65. The minimum atomic E-state index is -0.278. The van der Waals surface area contributed by atoms with Crippen LogP contribution in [0.3, 0.4) is 0 Å². The topological polar surface area (TPSA) is 81.8 Å². The van der Waals surface area contributed by atoms with Crippen LogP contribution in [-0.2, 0) is 29.7 Å². The van der Waals surface area contributed by atoms with Crippen LogP contribution in [0.25, 0.3) is 0 Å². The monoisotopic (exact) mass is 349 g/mol. The van der Waals surface area contributed by atoms with Gasteiger partial charge in [0.15, 0.2) is 5.13 Å². The van der Waals surface area contributed by atoms with Gasteiger partial charge >= 0.3 is 5.69 Å². The van der Waals surface area contributed by atoms with Crippen molar-refractivity contribution in [3.63, 3.8) is 0 Å². The number of carbonyl (C=O) groups is 1. The highest BCUT2D eigenvalue weighted by molar-refractivity contribution is 7.13. The Morgan fingerprint density at radius 2 is 2.12 bits per heavy atom. The number of hydrogen-bond donors (Lipinski definition) is 1. The van der Waals surface area contributed by atoms with Crippen LogP contribution < -0.4 is 11.0 Å². The van der Waals surface area contributed by atoms with Crippen molar-refractivity contribution in [3.05, 3.63) is 27.4 Å². The Bertz CT molecular complexity index is 796. The van der Waals surface area contributed by atoms with Gasteiger partial charge in [-0.15, -0.1) is 11.3 Å². The third kappa shape index (κ3) is 3.58. The number of anilines is 1. The average molecular weight is 349 g/mol. The molecule has 0 atom stereocenters. The van der Waals surface area contributed by atoms with Crippen molar-refractivity contribution >= 4 is 22.4 Å². The number of fused-ring (bicyclic) bond motifs is 1. The van der Waals surface area contributed by atoms with Gasteiger partial charge in [0.2, 0.25) is 5.91 Å². The standard InChI is InChI=1S/C16H23N5O2S/c1-16(2,3)11-10-24-14(17-11)18-13(22)9-21-15(23)20-8-6-4-5-7-12(20)19-21/h10H,4-9H2,1-3H3,(H,17,18,22). The molecule has 24 heavy (non-hydrogen) atoms. The molecule has 130 valence electrons. The van der Waals surface area contributed by atoms with Gasteiger partial charge in [-0.2, -0.15) is 5.10 Å².